The second kappa shape index (κ2) is 13.9. The van der Waals surface area contributed by atoms with Crippen molar-refractivity contribution in [2.45, 2.75) is 130 Å². The van der Waals surface area contributed by atoms with Crippen molar-refractivity contribution in [1.29, 1.82) is 5.41 Å². The minimum Gasteiger partial charge on any atom is -0.370 e. The van der Waals surface area contributed by atoms with Gasteiger partial charge in [-0.05, 0) is 62.3 Å². The van der Waals surface area contributed by atoms with Crippen LogP contribution >= 0.6 is 0 Å². The number of guanidine groups is 2. The van der Waals surface area contributed by atoms with Crippen LogP contribution in [0.1, 0.15) is 106 Å². The van der Waals surface area contributed by atoms with Gasteiger partial charge < -0.3 is 20.4 Å². The third-order valence-electron chi connectivity index (χ3n) is 10.3. The average Bonchev–Trinajstić information content (AvgIpc) is 3.58. The number of hydrogen-bond acceptors (Lipinski definition) is 5. The zero-order valence-corrected chi connectivity index (χ0v) is 26.2. The van der Waals surface area contributed by atoms with Gasteiger partial charge in [0.05, 0.1) is 18.6 Å². The van der Waals surface area contributed by atoms with Crippen molar-refractivity contribution in [2.75, 3.05) is 39.3 Å². The summed E-state index contributed by atoms with van der Waals surface area (Å²) in [4.78, 5) is 14.8. The molecule has 4 atom stereocenters. The van der Waals surface area contributed by atoms with Gasteiger partial charge in [-0.15, -0.1) is 0 Å². The van der Waals surface area contributed by atoms with E-state index in [4.69, 9.17) is 5.73 Å². The highest BCUT2D eigenvalue weighted by Crippen LogP contribution is 2.33. The highest BCUT2D eigenvalue weighted by Gasteiger charge is 2.42. The summed E-state index contributed by atoms with van der Waals surface area (Å²) < 4.78 is 0. The molecule has 4 rings (SSSR count). The molecule has 0 spiro atoms. The minimum absolute atomic E-state index is 0.433. The van der Waals surface area contributed by atoms with Crippen molar-refractivity contribution in [3.8, 4) is 0 Å². The first kappa shape index (κ1) is 30.5. The van der Waals surface area contributed by atoms with Crippen LogP contribution in [-0.2, 0) is 0 Å². The van der Waals surface area contributed by atoms with E-state index in [0.717, 1.165) is 56.5 Å². The number of nitrogens with one attached hydrogen (secondary N) is 1. The Bertz CT molecular complexity index is 802. The molecule has 3 fully saturated rings. The number of hydrogen-bond donors (Lipinski definition) is 2. The Labute approximate surface area is 240 Å². The highest BCUT2D eigenvalue weighted by atomic mass is 15.5. The van der Waals surface area contributed by atoms with Crippen LogP contribution < -0.4 is 5.73 Å². The molecule has 3 aliphatic heterocycles. The highest BCUT2D eigenvalue weighted by molar-refractivity contribution is 5.80. The average molecular weight is 544 g/mol. The van der Waals surface area contributed by atoms with E-state index in [1.165, 1.54) is 70.8 Å². The quantitative estimate of drug-likeness (QED) is 0.323. The Morgan fingerprint density at radius 2 is 1.64 bits per heavy atom. The van der Waals surface area contributed by atoms with Crippen LogP contribution in [0.4, 0.5) is 0 Å². The molecule has 0 aromatic heterocycles. The molecule has 3 heterocycles. The van der Waals surface area contributed by atoms with Crippen molar-refractivity contribution < 1.29 is 0 Å². The van der Waals surface area contributed by atoms with Crippen molar-refractivity contribution in [3.05, 3.63) is 0 Å². The topological polar surface area (TPSA) is 75.2 Å². The van der Waals surface area contributed by atoms with E-state index >= 15 is 0 Å². The van der Waals surface area contributed by atoms with E-state index in [9.17, 15) is 5.41 Å². The first-order chi connectivity index (χ1) is 18.7. The second-order valence-corrected chi connectivity index (χ2v) is 14.4. The van der Waals surface area contributed by atoms with Gasteiger partial charge in [-0.3, -0.25) is 15.3 Å². The summed E-state index contributed by atoms with van der Waals surface area (Å²) in [5, 5.41) is 9.42. The molecule has 2 saturated heterocycles. The molecule has 0 aromatic rings. The molecule has 7 nitrogen and oxygen atoms in total. The first-order valence-corrected chi connectivity index (χ1v) is 16.6. The van der Waals surface area contributed by atoms with Gasteiger partial charge in [-0.1, -0.05) is 73.6 Å². The fraction of sp³-hybridized carbons (Fsp3) is 0.938. The standard InChI is InChI=1S/C32H61N7/c1-23(2)12-10-17-37-30(25(5)6)22-38(32(37)34)28(18-26-13-8-7-9-14-26)20-36-16-11-15-27(36)21-39-29(24(3)4)19-35-31(39)33/h23-30,34H,7-22H2,1-6H3,(H2,33,35)/t27-,28+,29-,30-/m0/s1. The minimum atomic E-state index is 0.433. The number of likely N-dealkylation sites (tertiary alicyclic amines) is 1. The molecule has 224 valence electrons. The van der Waals surface area contributed by atoms with Gasteiger partial charge in [0.1, 0.15) is 0 Å². The van der Waals surface area contributed by atoms with Crippen molar-refractivity contribution in [1.82, 2.24) is 19.6 Å². The maximum atomic E-state index is 9.42. The van der Waals surface area contributed by atoms with Gasteiger partial charge in [0.15, 0.2) is 11.9 Å². The fourth-order valence-electron chi connectivity index (χ4n) is 7.84. The maximum Gasteiger partial charge on any atom is 0.194 e. The number of rotatable bonds is 13. The van der Waals surface area contributed by atoms with Crippen LogP contribution in [0, 0.1) is 29.1 Å². The molecule has 4 aliphatic rings. The predicted octanol–water partition coefficient (Wildman–Crippen LogP) is 5.46. The summed E-state index contributed by atoms with van der Waals surface area (Å²) in [6, 6.07) is 1.86. The Hall–Kier alpha value is -1.50. The van der Waals surface area contributed by atoms with Gasteiger partial charge in [-0.25, -0.2) is 0 Å². The second-order valence-electron chi connectivity index (χ2n) is 14.4. The van der Waals surface area contributed by atoms with Crippen molar-refractivity contribution in [3.63, 3.8) is 0 Å². The van der Waals surface area contributed by atoms with Crippen LogP contribution in [0.3, 0.4) is 0 Å². The number of nitrogens with two attached hydrogens (primary N) is 1. The molecule has 0 radical (unpaired) electrons. The summed E-state index contributed by atoms with van der Waals surface area (Å²) in [6.07, 6.45) is 13.1. The Kier molecular flexibility index (Phi) is 10.9. The Morgan fingerprint density at radius 3 is 2.31 bits per heavy atom. The van der Waals surface area contributed by atoms with E-state index in [2.05, 4.69) is 66.1 Å². The first-order valence-electron chi connectivity index (χ1n) is 16.6. The van der Waals surface area contributed by atoms with Gasteiger partial charge in [0.2, 0.25) is 0 Å². The molecule has 1 saturated carbocycles. The summed E-state index contributed by atoms with van der Waals surface area (Å²) in [7, 11) is 0. The molecular weight excluding hydrogens is 482 g/mol. The molecule has 0 bridgehead atoms. The van der Waals surface area contributed by atoms with Crippen LogP contribution in [0.25, 0.3) is 0 Å². The van der Waals surface area contributed by atoms with Gasteiger partial charge in [0, 0.05) is 38.3 Å². The largest absolute Gasteiger partial charge is 0.370 e. The summed E-state index contributed by atoms with van der Waals surface area (Å²) in [6.45, 7) is 20.1. The maximum absolute atomic E-state index is 9.42. The van der Waals surface area contributed by atoms with Crippen molar-refractivity contribution in [2.24, 2.45) is 34.4 Å². The molecule has 7 heteroatoms. The van der Waals surface area contributed by atoms with E-state index in [0.29, 0.717) is 36.0 Å². The van der Waals surface area contributed by atoms with Crippen LogP contribution in [0.2, 0.25) is 0 Å². The van der Waals surface area contributed by atoms with Crippen molar-refractivity contribution >= 4 is 11.9 Å². The molecule has 0 amide bonds. The summed E-state index contributed by atoms with van der Waals surface area (Å²) >= 11 is 0. The van der Waals surface area contributed by atoms with Crippen LogP contribution in [0.5, 0.6) is 0 Å². The van der Waals surface area contributed by atoms with Gasteiger partial charge >= 0.3 is 0 Å². The van der Waals surface area contributed by atoms with Gasteiger partial charge in [-0.2, -0.15) is 0 Å². The zero-order valence-electron chi connectivity index (χ0n) is 26.2. The van der Waals surface area contributed by atoms with E-state index in [1.54, 1.807) is 0 Å². The predicted molar refractivity (Wildman–Crippen MR) is 165 cm³/mol. The number of nitrogens with zero attached hydrogens (tertiary/aromatic N) is 5. The fourth-order valence-corrected chi connectivity index (χ4v) is 7.84. The lowest BCUT2D eigenvalue weighted by Gasteiger charge is -2.39. The summed E-state index contributed by atoms with van der Waals surface area (Å²) in [5.74, 6) is 4.23. The zero-order chi connectivity index (χ0) is 28.1. The number of aliphatic imine (C=N–C) groups is 1. The van der Waals surface area contributed by atoms with E-state index in [-0.39, 0.29) is 0 Å². The smallest absolute Gasteiger partial charge is 0.194 e. The third-order valence-corrected chi connectivity index (χ3v) is 10.3. The molecule has 1 aliphatic carbocycles. The normalized spacial score (nSPS) is 28.1. The lowest BCUT2D eigenvalue weighted by Crippen LogP contribution is -2.53. The van der Waals surface area contributed by atoms with E-state index in [1.807, 2.05) is 0 Å². The molecular formula is C32H61N7. The molecule has 0 aromatic carbocycles. The lowest BCUT2D eigenvalue weighted by atomic mass is 9.84. The molecule has 3 N–H and O–H groups in total. The monoisotopic (exact) mass is 543 g/mol. The van der Waals surface area contributed by atoms with Gasteiger partial charge in [0.25, 0.3) is 0 Å². The van der Waals surface area contributed by atoms with Crippen LogP contribution in [0.15, 0.2) is 4.99 Å². The molecule has 39 heavy (non-hydrogen) atoms. The summed E-state index contributed by atoms with van der Waals surface area (Å²) in [5.41, 5.74) is 6.41. The Morgan fingerprint density at radius 1 is 0.923 bits per heavy atom. The van der Waals surface area contributed by atoms with E-state index < -0.39 is 0 Å². The Balaban J connectivity index is 1.49. The third kappa shape index (κ3) is 7.62. The lowest BCUT2D eigenvalue weighted by molar-refractivity contribution is 0.132. The SMILES string of the molecule is CC(C)CCCN1C(=N)N([C@H](CC2CCCCC2)CN2CCC[C@H]2CN2C(N)=NC[C@H]2C(C)C)C[C@H]1C(C)C. The molecule has 0 unspecified atom stereocenters. The van der Waals surface area contributed by atoms with Crippen LogP contribution in [-0.4, -0.2) is 95.0 Å².